The zero-order valence-electron chi connectivity index (χ0n) is 13.9. The van der Waals surface area contributed by atoms with Crippen molar-refractivity contribution in [3.8, 4) is 5.75 Å². The van der Waals surface area contributed by atoms with Crippen molar-refractivity contribution in [1.29, 1.82) is 0 Å². The molecule has 7 heteroatoms. The standard InChI is InChI=1S/C17H22N4O3/c1-20-12-9-18-15(20)17(23)7-10-21(11-8-17)16(22)19-13-3-5-14(24-2)6-4-13/h3-6,9,12,23H,7-8,10-11H2,1-2H3,(H,19,22). The number of likely N-dealkylation sites (tertiary alicyclic amines) is 1. The highest BCUT2D eigenvalue weighted by Gasteiger charge is 2.38. The van der Waals surface area contributed by atoms with E-state index in [1.165, 1.54) is 0 Å². The molecular weight excluding hydrogens is 308 g/mol. The lowest BCUT2D eigenvalue weighted by Gasteiger charge is -2.37. The third kappa shape index (κ3) is 3.21. The predicted molar refractivity (Wildman–Crippen MR) is 89.9 cm³/mol. The Balaban J connectivity index is 1.59. The summed E-state index contributed by atoms with van der Waals surface area (Å²) in [5.74, 6) is 1.39. The Morgan fingerprint density at radius 2 is 1.96 bits per heavy atom. The number of carbonyl (C=O) groups is 1. The summed E-state index contributed by atoms with van der Waals surface area (Å²) < 4.78 is 6.93. The normalized spacial score (nSPS) is 16.7. The van der Waals surface area contributed by atoms with Gasteiger partial charge in [-0.05, 0) is 24.3 Å². The Morgan fingerprint density at radius 3 is 2.50 bits per heavy atom. The molecule has 128 valence electrons. The summed E-state index contributed by atoms with van der Waals surface area (Å²) in [4.78, 5) is 18.3. The molecule has 1 saturated heterocycles. The minimum absolute atomic E-state index is 0.165. The number of hydrogen-bond donors (Lipinski definition) is 2. The van der Waals surface area contributed by atoms with E-state index in [2.05, 4.69) is 10.3 Å². The number of benzene rings is 1. The van der Waals surface area contributed by atoms with E-state index >= 15 is 0 Å². The van der Waals surface area contributed by atoms with Crippen LogP contribution in [0.4, 0.5) is 10.5 Å². The van der Waals surface area contributed by atoms with Gasteiger partial charge in [0.05, 0.1) is 7.11 Å². The molecule has 0 bridgehead atoms. The van der Waals surface area contributed by atoms with Crippen molar-refractivity contribution in [2.45, 2.75) is 18.4 Å². The van der Waals surface area contributed by atoms with Crippen molar-refractivity contribution >= 4 is 11.7 Å². The number of anilines is 1. The van der Waals surface area contributed by atoms with Crippen LogP contribution in [0.2, 0.25) is 0 Å². The van der Waals surface area contributed by atoms with Crippen molar-refractivity contribution in [3.05, 3.63) is 42.5 Å². The van der Waals surface area contributed by atoms with Crippen LogP contribution in [0.25, 0.3) is 0 Å². The molecule has 2 N–H and O–H groups in total. The van der Waals surface area contributed by atoms with Crippen LogP contribution >= 0.6 is 0 Å². The third-order valence-electron chi connectivity index (χ3n) is 4.46. The fourth-order valence-corrected chi connectivity index (χ4v) is 2.99. The number of rotatable bonds is 3. The molecule has 1 aliphatic heterocycles. The molecule has 7 nitrogen and oxygen atoms in total. The lowest BCUT2D eigenvalue weighted by molar-refractivity contribution is -0.0251. The van der Waals surface area contributed by atoms with E-state index in [4.69, 9.17) is 4.74 Å². The minimum Gasteiger partial charge on any atom is -0.497 e. The molecular formula is C17H22N4O3. The summed E-state index contributed by atoms with van der Waals surface area (Å²) in [5.41, 5.74) is -0.263. The van der Waals surface area contributed by atoms with E-state index in [1.807, 2.05) is 17.8 Å². The first-order valence-corrected chi connectivity index (χ1v) is 7.92. The smallest absolute Gasteiger partial charge is 0.321 e. The van der Waals surface area contributed by atoms with Crippen molar-refractivity contribution < 1.29 is 14.6 Å². The van der Waals surface area contributed by atoms with Gasteiger partial charge in [0.25, 0.3) is 0 Å². The topological polar surface area (TPSA) is 79.6 Å². The van der Waals surface area contributed by atoms with Gasteiger partial charge in [-0.1, -0.05) is 0 Å². The number of amides is 2. The number of imidazole rings is 1. The Kier molecular flexibility index (Phi) is 4.44. The van der Waals surface area contributed by atoms with Crippen LogP contribution in [0.15, 0.2) is 36.7 Å². The quantitative estimate of drug-likeness (QED) is 0.901. The molecule has 0 unspecified atom stereocenters. The molecule has 1 fully saturated rings. The van der Waals surface area contributed by atoms with Crippen molar-refractivity contribution in [2.75, 3.05) is 25.5 Å². The van der Waals surface area contributed by atoms with Gasteiger partial charge in [-0.15, -0.1) is 0 Å². The number of carbonyl (C=O) groups excluding carboxylic acids is 1. The number of methoxy groups -OCH3 is 1. The van der Waals surface area contributed by atoms with Gasteiger partial charge in [0, 0.05) is 51.1 Å². The summed E-state index contributed by atoms with van der Waals surface area (Å²) in [6.07, 6.45) is 4.42. The van der Waals surface area contributed by atoms with Crippen molar-refractivity contribution in [1.82, 2.24) is 14.5 Å². The molecule has 1 aromatic carbocycles. The van der Waals surface area contributed by atoms with Crippen LogP contribution in [0.1, 0.15) is 18.7 Å². The van der Waals surface area contributed by atoms with E-state index in [0.717, 1.165) is 5.75 Å². The number of hydrogen-bond acceptors (Lipinski definition) is 4. The van der Waals surface area contributed by atoms with Gasteiger partial charge in [-0.3, -0.25) is 0 Å². The number of aryl methyl sites for hydroxylation is 1. The van der Waals surface area contributed by atoms with E-state index in [9.17, 15) is 9.90 Å². The molecule has 0 saturated carbocycles. The van der Waals surface area contributed by atoms with Gasteiger partial charge in [0.2, 0.25) is 0 Å². The van der Waals surface area contributed by atoms with Crippen LogP contribution in [0, 0.1) is 0 Å². The zero-order chi connectivity index (χ0) is 17.2. The van der Waals surface area contributed by atoms with Crippen LogP contribution in [-0.4, -0.2) is 45.8 Å². The van der Waals surface area contributed by atoms with E-state index in [0.29, 0.717) is 37.4 Å². The molecule has 1 aliphatic rings. The van der Waals surface area contributed by atoms with Gasteiger partial charge in [0.15, 0.2) is 0 Å². The average molecular weight is 330 g/mol. The second kappa shape index (κ2) is 6.52. The largest absolute Gasteiger partial charge is 0.497 e. The molecule has 2 heterocycles. The van der Waals surface area contributed by atoms with E-state index < -0.39 is 5.60 Å². The number of nitrogens with zero attached hydrogens (tertiary/aromatic N) is 3. The van der Waals surface area contributed by atoms with E-state index in [1.54, 1.807) is 42.5 Å². The molecule has 0 radical (unpaired) electrons. The van der Waals surface area contributed by atoms with E-state index in [-0.39, 0.29) is 6.03 Å². The van der Waals surface area contributed by atoms with Crippen LogP contribution in [-0.2, 0) is 12.6 Å². The summed E-state index contributed by atoms with van der Waals surface area (Å²) in [6.45, 7) is 0.955. The van der Waals surface area contributed by atoms with Crippen molar-refractivity contribution in [2.24, 2.45) is 7.05 Å². The Labute approximate surface area is 140 Å². The minimum atomic E-state index is -0.977. The second-order valence-electron chi connectivity index (χ2n) is 6.04. The van der Waals surface area contributed by atoms with Gasteiger partial charge < -0.3 is 24.6 Å². The Bertz CT molecular complexity index is 703. The number of piperidine rings is 1. The first-order chi connectivity index (χ1) is 11.5. The molecule has 3 rings (SSSR count). The van der Waals surface area contributed by atoms with Gasteiger partial charge in [0.1, 0.15) is 17.2 Å². The summed E-state index contributed by atoms with van der Waals surface area (Å²) in [7, 11) is 3.47. The number of nitrogens with one attached hydrogen (secondary N) is 1. The fourth-order valence-electron chi connectivity index (χ4n) is 2.99. The maximum Gasteiger partial charge on any atom is 0.321 e. The molecule has 2 aromatic rings. The summed E-state index contributed by atoms with van der Waals surface area (Å²) in [5, 5.41) is 13.7. The highest BCUT2D eigenvalue weighted by molar-refractivity contribution is 5.89. The van der Waals surface area contributed by atoms with Gasteiger partial charge >= 0.3 is 6.03 Å². The van der Waals surface area contributed by atoms with Gasteiger partial charge in [-0.2, -0.15) is 0 Å². The molecule has 0 spiro atoms. The Morgan fingerprint density at radius 1 is 1.29 bits per heavy atom. The second-order valence-corrected chi connectivity index (χ2v) is 6.04. The number of aromatic nitrogens is 2. The van der Waals surface area contributed by atoms with Gasteiger partial charge in [-0.25, -0.2) is 9.78 Å². The summed E-state index contributed by atoms with van der Waals surface area (Å²) >= 11 is 0. The lowest BCUT2D eigenvalue weighted by atomic mass is 9.90. The molecule has 1 aromatic heterocycles. The molecule has 0 atom stereocenters. The SMILES string of the molecule is COc1ccc(NC(=O)N2CCC(O)(c3nccn3C)CC2)cc1. The van der Waals surface area contributed by atoms with Crippen LogP contribution in [0.5, 0.6) is 5.75 Å². The fraction of sp³-hybridized carbons (Fsp3) is 0.412. The first-order valence-electron chi connectivity index (χ1n) is 7.92. The molecule has 0 aliphatic carbocycles. The Hall–Kier alpha value is -2.54. The number of ether oxygens (including phenoxy) is 1. The average Bonchev–Trinajstić information content (AvgIpc) is 3.03. The first kappa shape index (κ1) is 16.3. The summed E-state index contributed by atoms with van der Waals surface area (Å²) in [6, 6.07) is 7.02. The molecule has 24 heavy (non-hydrogen) atoms. The lowest BCUT2D eigenvalue weighted by Crippen LogP contribution is -2.47. The van der Waals surface area contributed by atoms with Crippen LogP contribution < -0.4 is 10.1 Å². The maximum absolute atomic E-state index is 12.4. The monoisotopic (exact) mass is 330 g/mol. The predicted octanol–water partition coefficient (Wildman–Crippen LogP) is 1.94. The number of aliphatic hydroxyl groups is 1. The molecule has 2 amide bonds. The highest BCUT2D eigenvalue weighted by Crippen LogP contribution is 2.31. The highest BCUT2D eigenvalue weighted by atomic mass is 16.5. The zero-order valence-corrected chi connectivity index (χ0v) is 13.9. The van der Waals surface area contributed by atoms with Crippen molar-refractivity contribution in [3.63, 3.8) is 0 Å². The number of urea groups is 1. The maximum atomic E-state index is 12.4. The third-order valence-corrected chi connectivity index (χ3v) is 4.46. The van der Waals surface area contributed by atoms with Crippen LogP contribution in [0.3, 0.4) is 0 Å².